The van der Waals surface area contributed by atoms with Crippen molar-refractivity contribution in [1.82, 2.24) is 4.98 Å². The Morgan fingerprint density at radius 3 is 2.38 bits per heavy atom. The number of nitrogens with zero attached hydrogens (tertiary/aromatic N) is 1. The molecule has 0 spiro atoms. The first kappa shape index (κ1) is 17.7. The van der Waals surface area contributed by atoms with E-state index in [4.69, 9.17) is 4.74 Å². The molecule has 1 N–H and O–H groups in total. The predicted molar refractivity (Wildman–Crippen MR) is 91.3 cm³/mol. The third kappa shape index (κ3) is 3.45. The standard InChI is InChI=1S/C19H21NO4/c1-4-9-14-12(3)15(18(21)22)16(13-10-7-6-8-11-13)17(20-14)19(23)24-5-2/h6-8,10-11H,4-5,9H2,1-3H3,(H,21,22). The minimum absolute atomic E-state index is 0.0644. The lowest BCUT2D eigenvalue weighted by atomic mass is 9.92. The Kier molecular flexibility index (Phi) is 5.68. The van der Waals surface area contributed by atoms with Gasteiger partial charge in [-0.05, 0) is 31.4 Å². The van der Waals surface area contributed by atoms with Crippen LogP contribution >= 0.6 is 0 Å². The molecule has 1 aromatic heterocycles. The zero-order valence-electron chi connectivity index (χ0n) is 14.1. The monoisotopic (exact) mass is 327 g/mol. The van der Waals surface area contributed by atoms with Gasteiger partial charge in [-0.15, -0.1) is 0 Å². The SMILES string of the molecule is CCCc1nc(C(=O)OCC)c(-c2ccccc2)c(C(=O)O)c1C. The quantitative estimate of drug-likeness (QED) is 0.815. The molecule has 0 aliphatic rings. The molecule has 0 saturated carbocycles. The van der Waals surface area contributed by atoms with Gasteiger partial charge in [0.15, 0.2) is 5.69 Å². The van der Waals surface area contributed by atoms with Crippen molar-refractivity contribution in [2.75, 3.05) is 6.61 Å². The third-order valence-corrected chi connectivity index (χ3v) is 3.77. The maximum atomic E-state index is 12.4. The molecule has 1 heterocycles. The zero-order chi connectivity index (χ0) is 17.7. The summed E-state index contributed by atoms with van der Waals surface area (Å²) in [7, 11) is 0. The minimum atomic E-state index is -1.07. The van der Waals surface area contributed by atoms with E-state index in [2.05, 4.69) is 4.98 Å². The summed E-state index contributed by atoms with van der Waals surface area (Å²) in [4.78, 5) is 28.8. The highest BCUT2D eigenvalue weighted by Gasteiger charge is 2.26. The van der Waals surface area contributed by atoms with Gasteiger partial charge < -0.3 is 9.84 Å². The summed E-state index contributed by atoms with van der Waals surface area (Å²) in [5.74, 6) is -1.67. The van der Waals surface area contributed by atoms with Gasteiger partial charge in [-0.2, -0.15) is 0 Å². The second-order valence-electron chi connectivity index (χ2n) is 5.42. The van der Waals surface area contributed by atoms with Crippen molar-refractivity contribution in [3.8, 4) is 11.1 Å². The molecule has 24 heavy (non-hydrogen) atoms. The van der Waals surface area contributed by atoms with Crippen LogP contribution in [0.3, 0.4) is 0 Å². The van der Waals surface area contributed by atoms with Crippen molar-refractivity contribution in [2.45, 2.75) is 33.6 Å². The van der Waals surface area contributed by atoms with Gasteiger partial charge in [0.05, 0.1) is 12.2 Å². The third-order valence-electron chi connectivity index (χ3n) is 3.77. The van der Waals surface area contributed by atoms with E-state index >= 15 is 0 Å². The molecule has 126 valence electrons. The van der Waals surface area contributed by atoms with Crippen LogP contribution in [0.2, 0.25) is 0 Å². The maximum absolute atomic E-state index is 12.4. The second kappa shape index (κ2) is 7.73. The van der Waals surface area contributed by atoms with Crippen molar-refractivity contribution >= 4 is 11.9 Å². The lowest BCUT2D eigenvalue weighted by Crippen LogP contribution is -2.17. The molecule has 0 bridgehead atoms. The zero-order valence-corrected chi connectivity index (χ0v) is 14.1. The molecule has 0 radical (unpaired) electrons. The van der Waals surface area contributed by atoms with Crippen LogP contribution in [0.1, 0.15) is 52.4 Å². The number of benzene rings is 1. The van der Waals surface area contributed by atoms with Crippen molar-refractivity contribution in [1.29, 1.82) is 0 Å². The van der Waals surface area contributed by atoms with Crippen LogP contribution in [0.4, 0.5) is 0 Å². The summed E-state index contributed by atoms with van der Waals surface area (Å²) >= 11 is 0. The van der Waals surface area contributed by atoms with Crippen LogP contribution in [-0.2, 0) is 11.2 Å². The summed E-state index contributed by atoms with van der Waals surface area (Å²) in [6, 6.07) is 8.96. The summed E-state index contributed by atoms with van der Waals surface area (Å²) in [5.41, 5.74) is 2.35. The summed E-state index contributed by atoms with van der Waals surface area (Å²) in [6.07, 6.45) is 1.41. The highest BCUT2D eigenvalue weighted by Crippen LogP contribution is 2.31. The van der Waals surface area contributed by atoms with E-state index in [1.165, 1.54) is 0 Å². The van der Waals surface area contributed by atoms with Crippen LogP contribution in [0, 0.1) is 6.92 Å². The Bertz CT molecular complexity index is 754. The number of rotatable bonds is 6. The first-order valence-corrected chi connectivity index (χ1v) is 8.00. The molecule has 0 aliphatic carbocycles. The lowest BCUT2D eigenvalue weighted by molar-refractivity contribution is 0.0520. The van der Waals surface area contributed by atoms with Gasteiger partial charge in [-0.3, -0.25) is 0 Å². The van der Waals surface area contributed by atoms with Crippen LogP contribution in [0.25, 0.3) is 11.1 Å². The molecule has 0 atom stereocenters. The predicted octanol–water partition coefficient (Wildman–Crippen LogP) is 3.88. The maximum Gasteiger partial charge on any atom is 0.357 e. The number of hydrogen-bond acceptors (Lipinski definition) is 4. The average Bonchev–Trinajstić information content (AvgIpc) is 2.57. The number of carboxylic acid groups (broad SMARTS) is 1. The number of hydrogen-bond donors (Lipinski definition) is 1. The van der Waals surface area contributed by atoms with Crippen molar-refractivity contribution in [2.24, 2.45) is 0 Å². The number of carbonyl (C=O) groups excluding carboxylic acids is 1. The lowest BCUT2D eigenvalue weighted by Gasteiger charge is -2.17. The topological polar surface area (TPSA) is 76.5 Å². The smallest absolute Gasteiger partial charge is 0.357 e. The normalized spacial score (nSPS) is 10.5. The van der Waals surface area contributed by atoms with Gasteiger partial charge >= 0.3 is 11.9 Å². The van der Waals surface area contributed by atoms with Crippen molar-refractivity contribution in [3.63, 3.8) is 0 Å². The van der Waals surface area contributed by atoms with Gasteiger partial charge in [-0.1, -0.05) is 43.7 Å². The number of ether oxygens (including phenoxy) is 1. The number of carbonyl (C=O) groups is 2. The molecule has 0 aliphatic heterocycles. The number of aromatic nitrogens is 1. The van der Waals surface area contributed by atoms with E-state index in [9.17, 15) is 14.7 Å². The molecule has 1 aromatic carbocycles. The van der Waals surface area contributed by atoms with Crippen LogP contribution in [0.15, 0.2) is 30.3 Å². The van der Waals surface area contributed by atoms with Crippen LogP contribution in [0.5, 0.6) is 0 Å². The molecular formula is C19H21NO4. The molecule has 0 fully saturated rings. The minimum Gasteiger partial charge on any atom is -0.478 e. The van der Waals surface area contributed by atoms with Gasteiger partial charge in [-0.25, -0.2) is 14.6 Å². The largest absolute Gasteiger partial charge is 0.478 e. The average molecular weight is 327 g/mol. The highest BCUT2D eigenvalue weighted by molar-refractivity contribution is 6.05. The molecule has 0 saturated heterocycles. The van der Waals surface area contributed by atoms with E-state index < -0.39 is 11.9 Å². The Morgan fingerprint density at radius 1 is 1.17 bits per heavy atom. The highest BCUT2D eigenvalue weighted by atomic mass is 16.5. The fourth-order valence-corrected chi connectivity index (χ4v) is 2.71. The van der Waals surface area contributed by atoms with Crippen LogP contribution < -0.4 is 0 Å². The summed E-state index contributed by atoms with van der Waals surface area (Å²) in [6.45, 7) is 5.63. The van der Waals surface area contributed by atoms with Gasteiger partial charge in [0.2, 0.25) is 0 Å². The van der Waals surface area contributed by atoms with Gasteiger partial charge in [0.25, 0.3) is 0 Å². The Labute approximate surface area is 141 Å². The van der Waals surface area contributed by atoms with E-state index in [1.54, 1.807) is 38.1 Å². The van der Waals surface area contributed by atoms with Crippen LogP contribution in [-0.4, -0.2) is 28.6 Å². The first-order valence-electron chi connectivity index (χ1n) is 8.00. The van der Waals surface area contributed by atoms with E-state index in [1.807, 2.05) is 13.0 Å². The number of pyridine rings is 1. The van der Waals surface area contributed by atoms with Crippen molar-refractivity contribution in [3.05, 3.63) is 52.8 Å². The molecule has 0 amide bonds. The summed E-state index contributed by atoms with van der Waals surface area (Å²) < 4.78 is 5.10. The Hall–Kier alpha value is -2.69. The molecule has 0 unspecified atom stereocenters. The van der Waals surface area contributed by atoms with Gasteiger partial charge in [0, 0.05) is 11.3 Å². The fourth-order valence-electron chi connectivity index (χ4n) is 2.71. The van der Waals surface area contributed by atoms with Gasteiger partial charge in [0.1, 0.15) is 0 Å². The molecule has 2 rings (SSSR count). The molecule has 5 nitrogen and oxygen atoms in total. The van der Waals surface area contributed by atoms with E-state index in [-0.39, 0.29) is 17.9 Å². The summed E-state index contributed by atoms with van der Waals surface area (Å²) in [5, 5.41) is 9.76. The van der Waals surface area contributed by atoms with Crippen molar-refractivity contribution < 1.29 is 19.4 Å². The molecule has 5 heteroatoms. The fraction of sp³-hybridized carbons (Fsp3) is 0.316. The molecular weight excluding hydrogens is 306 g/mol. The number of aromatic carboxylic acids is 1. The second-order valence-corrected chi connectivity index (χ2v) is 5.42. The Morgan fingerprint density at radius 2 is 1.83 bits per heavy atom. The number of aryl methyl sites for hydroxylation is 1. The Balaban J connectivity index is 2.84. The molecule has 2 aromatic rings. The number of esters is 1. The number of carboxylic acids is 1. The van der Waals surface area contributed by atoms with E-state index in [0.717, 1.165) is 6.42 Å². The van der Waals surface area contributed by atoms with E-state index in [0.29, 0.717) is 28.8 Å². The first-order chi connectivity index (χ1) is 11.5.